The molecule has 11 heteroatoms. The molecule has 0 aliphatic carbocycles. The fourth-order valence-electron chi connectivity index (χ4n) is 0. The largest absolute Gasteiger partial charge is 0.325 e. The van der Waals surface area contributed by atoms with Crippen LogP contribution in [0.2, 0.25) is 0 Å². The molecule has 0 rings (SSSR count). The van der Waals surface area contributed by atoms with Crippen molar-refractivity contribution in [1.82, 2.24) is 0 Å². The Balaban J connectivity index is -0.000000107. The molecule has 0 saturated carbocycles. The predicted octanol–water partition coefficient (Wildman–Crippen LogP) is -1.63. The van der Waals surface area contributed by atoms with Crippen molar-refractivity contribution in [1.29, 1.82) is 0 Å². The first-order valence-electron chi connectivity index (χ1n) is 1.57. The molecule has 0 aromatic heterocycles. The van der Waals surface area contributed by atoms with Crippen LogP contribution in [-0.2, 0) is 40.7 Å². The summed E-state index contributed by atoms with van der Waals surface area (Å²) >= 11 is 7.21. The van der Waals surface area contributed by atoms with Crippen LogP contribution in [-0.4, -0.2) is 29.4 Å². The molecule has 11 heavy (non-hydrogen) atoms. The van der Waals surface area contributed by atoms with Crippen LogP contribution in [0.3, 0.4) is 0 Å². The third-order valence-electron chi connectivity index (χ3n) is 0. The van der Waals surface area contributed by atoms with Crippen LogP contribution in [0, 0.1) is 0 Å². The van der Waals surface area contributed by atoms with Crippen LogP contribution in [0.1, 0.15) is 0 Å². The summed E-state index contributed by atoms with van der Waals surface area (Å²) < 4.78 is 0. The molecule has 0 spiro atoms. The Morgan fingerprint density at radius 1 is 0.636 bits per heavy atom. The Bertz CT molecular complexity index is 131. The summed E-state index contributed by atoms with van der Waals surface area (Å²) in [5, 5.41) is 0. The summed E-state index contributed by atoms with van der Waals surface area (Å²) in [4.78, 5) is 45.3. The maximum Gasteiger partial charge on any atom is 0.319 e. The summed E-state index contributed by atoms with van der Waals surface area (Å²) in [7, 11) is 0. The van der Waals surface area contributed by atoms with Gasteiger partial charge in [-0.25, -0.2) is 0 Å². The number of hydrogen-bond donors (Lipinski definition) is 6. The van der Waals surface area contributed by atoms with E-state index in [1.807, 2.05) is 0 Å². The SMILES string of the molecule is OP(O)(O)=S.OP(O)(O)=S.[Cu]. The first kappa shape index (κ1) is 18.4. The molecule has 0 amide bonds. The Kier molecular flexibility index (Phi) is 11.7. The van der Waals surface area contributed by atoms with E-state index in [1.165, 1.54) is 0 Å². The van der Waals surface area contributed by atoms with Crippen molar-refractivity contribution >= 4 is 37.1 Å². The Morgan fingerprint density at radius 3 is 0.636 bits per heavy atom. The molecule has 0 aliphatic rings. The van der Waals surface area contributed by atoms with E-state index in [1.54, 1.807) is 0 Å². The van der Waals surface area contributed by atoms with Gasteiger partial charge in [0.1, 0.15) is 0 Å². The molecular formula is H6CuO6P2S2. The molecular weight excluding hydrogens is 286 g/mol. The third-order valence-corrected chi connectivity index (χ3v) is 0. The van der Waals surface area contributed by atoms with Gasteiger partial charge in [-0.1, -0.05) is 0 Å². The maximum absolute atomic E-state index is 7.56. The fraction of sp³-hybridized carbons (Fsp3) is 0. The molecule has 0 aromatic carbocycles. The third kappa shape index (κ3) is 426. The Morgan fingerprint density at radius 2 is 0.636 bits per heavy atom. The van der Waals surface area contributed by atoms with E-state index in [9.17, 15) is 0 Å². The van der Waals surface area contributed by atoms with E-state index in [0.717, 1.165) is 0 Å². The van der Waals surface area contributed by atoms with Crippen LogP contribution < -0.4 is 0 Å². The average Bonchev–Trinajstić information content (AvgIpc) is 1.12. The van der Waals surface area contributed by atoms with Gasteiger partial charge in [0.05, 0.1) is 0 Å². The van der Waals surface area contributed by atoms with Crippen LogP contribution in [0.5, 0.6) is 0 Å². The van der Waals surface area contributed by atoms with Gasteiger partial charge < -0.3 is 29.4 Å². The van der Waals surface area contributed by atoms with E-state index >= 15 is 0 Å². The smallest absolute Gasteiger partial charge is 0.319 e. The minimum atomic E-state index is -3.81. The van der Waals surface area contributed by atoms with Gasteiger partial charge in [0, 0.05) is 17.1 Å². The molecule has 0 bridgehead atoms. The number of rotatable bonds is 0. The second kappa shape index (κ2) is 7.03. The first-order chi connectivity index (χ1) is 4.00. The molecule has 0 aliphatic heterocycles. The normalized spacial score (nSPS) is 10.7. The van der Waals surface area contributed by atoms with E-state index in [-0.39, 0.29) is 17.1 Å². The quantitative estimate of drug-likeness (QED) is 0.232. The van der Waals surface area contributed by atoms with E-state index in [4.69, 9.17) is 29.4 Å². The monoisotopic (exact) mass is 291 g/mol. The van der Waals surface area contributed by atoms with E-state index in [0.29, 0.717) is 0 Å². The fourth-order valence-corrected chi connectivity index (χ4v) is 0. The summed E-state index contributed by atoms with van der Waals surface area (Å²) in [5.74, 6) is 0. The van der Waals surface area contributed by atoms with Gasteiger partial charge >= 0.3 is 13.4 Å². The molecule has 0 heterocycles. The van der Waals surface area contributed by atoms with Gasteiger partial charge in [0.2, 0.25) is 0 Å². The van der Waals surface area contributed by atoms with Crippen LogP contribution >= 0.6 is 13.4 Å². The average molecular weight is 292 g/mol. The Hall–Kier alpha value is 1.58. The standard InChI is InChI=1S/Cu.2H3O3PS/c;2*1-4(2,3)5/h;2*(H3,1,2,3,5). The first-order valence-corrected chi connectivity index (χ1v) is 6.89. The molecule has 0 aromatic rings. The molecule has 0 unspecified atom stereocenters. The summed E-state index contributed by atoms with van der Waals surface area (Å²) in [6.45, 7) is -7.61. The van der Waals surface area contributed by atoms with Gasteiger partial charge in [-0.3, -0.25) is 0 Å². The van der Waals surface area contributed by atoms with Gasteiger partial charge in [-0.2, -0.15) is 0 Å². The van der Waals surface area contributed by atoms with Crippen molar-refractivity contribution in [2.24, 2.45) is 0 Å². The second-order valence-electron chi connectivity index (χ2n) is 1.03. The van der Waals surface area contributed by atoms with Gasteiger partial charge in [-0.05, 0) is 23.6 Å². The summed E-state index contributed by atoms with van der Waals surface area (Å²) in [6, 6.07) is 0. The van der Waals surface area contributed by atoms with Gasteiger partial charge in [0.25, 0.3) is 0 Å². The topological polar surface area (TPSA) is 121 Å². The van der Waals surface area contributed by atoms with Crippen molar-refractivity contribution in [3.63, 3.8) is 0 Å². The maximum atomic E-state index is 7.56. The summed E-state index contributed by atoms with van der Waals surface area (Å²) in [6.07, 6.45) is 0. The van der Waals surface area contributed by atoms with Crippen LogP contribution in [0.25, 0.3) is 0 Å². The molecule has 0 fully saturated rings. The van der Waals surface area contributed by atoms with Crippen molar-refractivity contribution in [3.05, 3.63) is 0 Å². The van der Waals surface area contributed by atoms with Crippen molar-refractivity contribution < 1.29 is 46.4 Å². The zero-order chi connectivity index (χ0) is 9.00. The van der Waals surface area contributed by atoms with Crippen molar-refractivity contribution in [2.45, 2.75) is 0 Å². The van der Waals surface area contributed by atoms with E-state index in [2.05, 4.69) is 23.6 Å². The molecule has 1 radical (unpaired) electrons. The second-order valence-corrected chi connectivity index (χ2v) is 6.02. The van der Waals surface area contributed by atoms with Crippen molar-refractivity contribution in [3.8, 4) is 0 Å². The van der Waals surface area contributed by atoms with Gasteiger partial charge in [0.15, 0.2) is 0 Å². The predicted molar refractivity (Wildman–Crippen MR) is 41.9 cm³/mol. The van der Waals surface area contributed by atoms with Crippen LogP contribution in [0.4, 0.5) is 0 Å². The molecule has 6 nitrogen and oxygen atoms in total. The zero-order valence-electron chi connectivity index (χ0n) is 4.70. The Labute approximate surface area is 83.5 Å². The molecule has 6 N–H and O–H groups in total. The molecule has 0 atom stereocenters. The van der Waals surface area contributed by atoms with Crippen molar-refractivity contribution in [2.75, 3.05) is 0 Å². The minimum Gasteiger partial charge on any atom is -0.325 e. The zero-order valence-corrected chi connectivity index (χ0v) is 9.06. The van der Waals surface area contributed by atoms with Gasteiger partial charge in [-0.15, -0.1) is 0 Å². The van der Waals surface area contributed by atoms with E-state index < -0.39 is 13.4 Å². The van der Waals surface area contributed by atoms with Crippen LogP contribution in [0.15, 0.2) is 0 Å². The summed E-state index contributed by atoms with van der Waals surface area (Å²) in [5.41, 5.74) is 0. The number of hydrogen-bond acceptors (Lipinski definition) is 2. The molecule has 0 saturated heterocycles. The molecule has 75 valence electrons. The minimum absolute atomic E-state index is 0.